The standard InChI is InChI=1S/C20H20N2O4S/c1-13-17(11-15-5-7-16(27-3)8-6-15)19(24)22(20(25)18(13)12-21)9-4-10-26-14(2)23/h5-8,11H,4,9-10H2,1-3H3/b17-11+. The third-order valence-electron chi connectivity index (χ3n) is 4.08. The summed E-state index contributed by atoms with van der Waals surface area (Å²) in [7, 11) is 0. The van der Waals surface area contributed by atoms with Crippen LogP contribution in [-0.2, 0) is 19.1 Å². The van der Waals surface area contributed by atoms with Gasteiger partial charge in [0.25, 0.3) is 11.8 Å². The van der Waals surface area contributed by atoms with Crippen LogP contribution >= 0.6 is 11.8 Å². The molecule has 0 radical (unpaired) electrons. The van der Waals surface area contributed by atoms with E-state index in [-0.39, 0.29) is 18.7 Å². The summed E-state index contributed by atoms with van der Waals surface area (Å²) in [4.78, 5) is 38.3. The van der Waals surface area contributed by atoms with Crippen molar-refractivity contribution in [1.82, 2.24) is 4.90 Å². The van der Waals surface area contributed by atoms with E-state index in [0.29, 0.717) is 17.6 Å². The molecule has 1 aromatic rings. The number of esters is 1. The normalized spacial score (nSPS) is 15.9. The van der Waals surface area contributed by atoms with E-state index >= 15 is 0 Å². The lowest BCUT2D eigenvalue weighted by Crippen LogP contribution is -2.43. The highest BCUT2D eigenvalue weighted by atomic mass is 32.2. The molecule has 0 aliphatic carbocycles. The van der Waals surface area contributed by atoms with Crippen LogP contribution in [0.1, 0.15) is 25.8 Å². The second kappa shape index (κ2) is 9.19. The Morgan fingerprint density at radius 2 is 1.93 bits per heavy atom. The van der Waals surface area contributed by atoms with Crippen molar-refractivity contribution in [1.29, 1.82) is 5.26 Å². The second-order valence-electron chi connectivity index (χ2n) is 5.90. The average Bonchev–Trinajstić information content (AvgIpc) is 2.65. The van der Waals surface area contributed by atoms with Gasteiger partial charge in [-0.15, -0.1) is 11.8 Å². The van der Waals surface area contributed by atoms with Crippen molar-refractivity contribution >= 4 is 35.6 Å². The number of rotatable bonds is 6. The van der Waals surface area contributed by atoms with Gasteiger partial charge >= 0.3 is 5.97 Å². The highest BCUT2D eigenvalue weighted by Crippen LogP contribution is 2.27. The van der Waals surface area contributed by atoms with Gasteiger partial charge in [0, 0.05) is 23.9 Å². The SMILES string of the molecule is CSc1ccc(/C=C2/C(=O)N(CCCOC(C)=O)C(=O)C(C#N)=C2C)cc1. The van der Waals surface area contributed by atoms with E-state index < -0.39 is 17.8 Å². The van der Waals surface area contributed by atoms with Crippen LogP contribution in [0.2, 0.25) is 0 Å². The number of amides is 2. The molecule has 0 spiro atoms. The lowest BCUT2D eigenvalue weighted by atomic mass is 9.93. The molecule has 1 aromatic carbocycles. The molecule has 0 saturated heterocycles. The molecular formula is C20H20N2O4S. The van der Waals surface area contributed by atoms with E-state index in [4.69, 9.17) is 4.74 Å². The molecule has 1 heterocycles. The van der Waals surface area contributed by atoms with Crippen molar-refractivity contribution in [3.8, 4) is 6.07 Å². The minimum absolute atomic E-state index is 0.0472. The number of ether oxygens (including phenoxy) is 1. The molecule has 7 heteroatoms. The number of carbonyl (C=O) groups excluding carboxylic acids is 3. The van der Waals surface area contributed by atoms with Crippen LogP contribution in [0.5, 0.6) is 0 Å². The Morgan fingerprint density at radius 1 is 1.26 bits per heavy atom. The average molecular weight is 384 g/mol. The van der Waals surface area contributed by atoms with Crippen LogP contribution in [0.15, 0.2) is 45.9 Å². The fraction of sp³-hybridized carbons (Fsp3) is 0.300. The second-order valence-corrected chi connectivity index (χ2v) is 6.78. The van der Waals surface area contributed by atoms with E-state index in [1.807, 2.05) is 36.6 Å². The van der Waals surface area contributed by atoms with Crippen LogP contribution < -0.4 is 0 Å². The predicted octanol–water partition coefficient (Wildman–Crippen LogP) is 2.95. The Hall–Kier alpha value is -2.85. The number of hydrogen-bond acceptors (Lipinski definition) is 6. The summed E-state index contributed by atoms with van der Waals surface area (Å²) in [5, 5.41) is 9.37. The maximum absolute atomic E-state index is 12.8. The van der Waals surface area contributed by atoms with Gasteiger partial charge in [-0.1, -0.05) is 12.1 Å². The third-order valence-corrected chi connectivity index (χ3v) is 4.83. The smallest absolute Gasteiger partial charge is 0.302 e. The number of carbonyl (C=O) groups is 3. The summed E-state index contributed by atoms with van der Waals surface area (Å²) in [6.07, 6.45) is 3.97. The van der Waals surface area contributed by atoms with Gasteiger partial charge in [0.05, 0.1) is 6.61 Å². The molecule has 0 atom stereocenters. The van der Waals surface area contributed by atoms with Crippen LogP contribution in [0, 0.1) is 11.3 Å². The molecule has 0 bridgehead atoms. The zero-order chi connectivity index (χ0) is 20.0. The van der Waals surface area contributed by atoms with Gasteiger partial charge in [-0.3, -0.25) is 19.3 Å². The van der Waals surface area contributed by atoms with Crippen molar-refractivity contribution in [3.63, 3.8) is 0 Å². The van der Waals surface area contributed by atoms with Crippen molar-refractivity contribution in [2.75, 3.05) is 19.4 Å². The molecule has 140 valence electrons. The number of nitrogens with zero attached hydrogens (tertiary/aromatic N) is 2. The molecule has 0 unspecified atom stereocenters. The van der Waals surface area contributed by atoms with Gasteiger partial charge in [-0.05, 0) is 48.9 Å². The van der Waals surface area contributed by atoms with E-state index in [1.54, 1.807) is 24.8 Å². The first-order chi connectivity index (χ1) is 12.9. The lowest BCUT2D eigenvalue weighted by molar-refractivity contribution is -0.141. The first-order valence-electron chi connectivity index (χ1n) is 8.35. The van der Waals surface area contributed by atoms with Gasteiger partial charge in [-0.2, -0.15) is 5.26 Å². The van der Waals surface area contributed by atoms with Crippen molar-refractivity contribution in [2.45, 2.75) is 25.2 Å². The number of nitriles is 1. The van der Waals surface area contributed by atoms with Gasteiger partial charge in [-0.25, -0.2) is 0 Å². The summed E-state index contributed by atoms with van der Waals surface area (Å²) in [5.41, 5.74) is 1.45. The van der Waals surface area contributed by atoms with E-state index in [9.17, 15) is 19.6 Å². The van der Waals surface area contributed by atoms with Crippen LogP contribution in [0.3, 0.4) is 0 Å². The molecule has 2 amide bonds. The van der Waals surface area contributed by atoms with Crippen molar-refractivity contribution in [2.24, 2.45) is 0 Å². The minimum atomic E-state index is -0.613. The number of thioether (sulfide) groups is 1. The van der Waals surface area contributed by atoms with Crippen LogP contribution in [0.4, 0.5) is 0 Å². The molecule has 6 nitrogen and oxygen atoms in total. The maximum Gasteiger partial charge on any atom is 0.302 e. The van der Waals surface area contributed by atoms with Gasteiger partial charge < -0.3 is 4.74 Å². The van der Waals surface area contributed by atoms with Crippen molar-refractivity contribution < 1.29 is 19.1 Å². The zero-order valence-electron chi connectivity index (χ0n) is 15.4. The molecule has 0 aromatic heterocycles. The Labute approximate surface area is 162 Å². The first-order valence-corrected chi connectivity index (χ1v) is 9.58. The molecule has 1 aliphatic heterocycles. The quantitative estimate of drug-likeness (QED) is 0.246. The van der Waals surface area contributed by atoms with E-state index in [2.05, 4.69) is 0 Å². The van der Waals surface area contributed by atoms with Gasteiger partial charge in [0.15, 0.2) is 0 Å². The minimum Gasteiger partial charge on any atom is -0.466 e. The molecule has 0 saturated carbocycles. The summed E-state index contributed by atoms with van der Waals surface area (Å²) in [5.74, 6) is -1.49. The topological polar surface area (TPSA) is 87.5 Å². The maximum atomic E-state index is 12.8. The zero-order valence-corrected chi connectivity index (χ0v) is 16.3. The first kappa shape index (κ1) is 20.5. The summed E-state index contributed by atoms with van der Waals surface area (Å²) in [6.45, 7) is 3.07. The molecule has 0 N–H and O–H groups in total. The Bertz CT molecular complexity index is 863. The Balaban J connectivity index is 2.31. The van der Waals surface area contributed by atoms with E-state index in [1.165, 1.54) is 6.92 Å². The highest BCUT2D eigenvalue weighted by molar-refractivity contribution is 7.98. The summed E-state index contributed by atoms with van der Waals surface area (Å²) in [6, 6.07) is 9.55. The van der Waals surface area contributed by atoms with Crippen molar-refractivity contribution in [3.05, 3.63) is 46.5 Å². The summed E-state index contributed by atoms with van der Waals surface area (Å²) < 4.78 is 4.84. The highest BCUT2D eigenvalue weighted by Gasteiger charge is 2.35. The Kier molecular flexibility index (Phi) is 6.97. The third kappa shape index (κ3) is 4.86. The largest absolute Gasteiger partial charge is 0.466 e. The molecule has 2 rings (SSSR count). The van der Waals surface area contributed by atoms with Crippen LogP contribution in [-0.4, -0.2) is 42.1 Å². The predicted molar refractivity (Wildman–Crippen MR) is 102 cm³/mol. The number of benzene rings is 1. The number of imide groups is 1. The molecule has 1 aliphatic rings. The summed E-state index contributed by atoms with van der Waals surface area (Å²) >= 11 is 1.61. The van der Waals surface area contributed by atoms with Crippen LogP contribution in [0.25, 0.3) is 6.08 Å². The van der Waals surface area contributed by atoms with Gasteiger partial charge in [0.2, 0.25) is 0 Å². The van der Waals surface area contributed by atoms with Gasteiger partial charge in [0.1, 0.15) is 11.6 Å². The fourth-order valence-corrected chi connectivity index (χ4v) is 3.05. The molecule has 0 fully saturated rings. The number of hydrogen-bond donors (Lipinski definition) is 0. The Morgan fingerprint density at radius 3 is 2.48 bits per heavy atom. The fourth-order valence-electron chi connectivity index (χ4n) is 2.64. The molecular weight excluding hydrogens is 364 g/mol. The monoisotopic (exact) mass is 384 g/mol. The van der Waals surface area contributed by atoms with E-state index in [0.717, 1.165) is 15.4 Å². The molecule has 27 heavy (non-hydrogen) atoms. The lowest BCUT2D eigenvalue weighted by Gasteiger charge is -2.27.